The van der Waals surface area contributed by atoms with Crippen molar-refractivity contribution in [2.24, 2.45) is 5.73 Å². The summed E-state index contributed by atoms with van der Waals surface area (Å²) in [6, 6.07) is 5.99. The van der Waals surface area contributed by atoms with Gasteiger partial charge in [0.25, 0.3) is 0 Å². The lowest BCUT2D eigenvalue weighted by Crippen LogP contribution is -2.42. The Morgan fingerprint density at radius 2 is 2.14 bits per heavy atom. The number of benzene rings is 1. The Morgan fingerprint density at radius 3 is 2.81 bits per heavy atom. The average molecular weight is 292 g/mol. The largest absolute Gasteiger partial charge is 0.493 e. The fourth-order valence-electron chi connectivity index (χ4n) is 2.04. The topological polar surface area (TPSA) is 73.6 Å². The van der Waals surface area contributed by atoms with Crippen LogP contribution in [0, 0.1) is 6.92 Å². The molecule has 0 radical (unpaired) electrons. The van der Waals surface area contributed by atoms with Crippen molar-refractivity contribution >= 4 is 5.91 Å². The van der Waals surface area contributed by atoms with Gasteiger partial charge in [-0.05, 0) is 31.4 Å². The standard InChI is InChI=1S/C16H24N2O3/c1-12-4-5-13(11-18-15(19)16(17)6-7-16)14(10-12)21-9-3-8-20-2/h4-5,10H,3,6-9,11,17H2,1-2H3,(H,18,19). The fourth-order valence-corrected chi connectivity index (χ4v) is 2.04. The van der Waals surface area contributed by atoms with Gasteiger partial charge in [-0.25, -0.2) is 0 Å². The Bertz CT molecular complexity index is 498. The zero-order valence-corrected chi connectivity index (χ0v) is 12.8. The molecule has 0 heterocycles. The van der Waals surface area contributed by atoms with Gasteiger partial charge < -0.3 is 20.5 Å². The molecule has 0 spiro atoms. The number of ether oxygens (including phenoxy) is 2. The highest BCUT2D eigenvalue weighted by molar-refractivity contribution is 5.88. The SMILES string of the molecule is COCCCOc1cc(C)ccc1CNC(=O)C1(N)CC1. The van der Waals surface area contributed by atoms with Gasteiger partial charge in [0.1, 0.15) is 5.75 Å². The second-order valence-corrected chi connectivity index (χ2v) is 5.64. The van der Waals surface area contributed by atoms with Gasteiger partial charge in [-0.2, -0.15) is 0 Å². The first kappa shape index (κ1) is 15.8. The van der Waals surface area contributed by atoms with E-state index in [9.17, 15) is 4.79 Å². The molecular weight excluding hydrogens is 268 g/mol. The molecule has 0 bridgehead atoms. The number of hydrogen-bond acceptors (Lipinski definition) is 4. The first-order valence-electron chi connectivity index (χ1n) is 7.33. The lowest BCUT2D eigenvalue weighted by atomic mass is 10.1. The second kappa shape index (κ2) is 6.91. The van der Waals surface area contributed by atoms with E-state index in [0.717, 1.165) is 36.1 Å². The fraction of sp³-hybridized carbons (Fsp3) is 0.562. The molecule has 1 amide bonds. The third-order valence-electron chi connectivity index (χ3n) is 3.65. The Hall–Kier alpha value is -1.59. The molecule has 1 aliphatic carbocycles. The van der Waals surface area contributed by atoms with Crippen LogP contribution >= 0.6 is 0 Å². The predicted octanol–water partition coefficient (Wildman–Crippen LogP) is 1.52. The number of carbonyl (C=O) groups excluding carboxylic acids is 1. The molecule has 0 saturated heterocycles. The summed E-state index contributed by atoms with van der Waals surface area (Å²) < 4.78 is 10.8. The molecule has 1 aromatic carbocycles. The van der Waals surface area contributed by atoms with Crippen LogP contribution in [-0.4, -0.2) is 31.8 Å². The number of nitrogens with one attached hydrogen (secondary N) is 1. The molecule has 1 aromatic rings. The van der Waals surface area contributed by atoms with Crippen LogP contribution < -0.4 is 15.8 Å². The lowest BCUT2D eigenvalue weighted by Gasteiger charge is -2.14. The molecule has 0 unspecified atom stereocenters. The van der Waals surface area contributed by atoms with Crippen LogP contribution in [0.5, 0.6) is 5.75 Å². The Morgan fingerprint density at radius 1 is 1.38 bits per heavy atom. The van der Waals surface area contributed by atoms with Gasteiger partial charge in [-0.1, -0.05) is 12.1 Å². The molecule has 5 nitrogen and oxygen atoms in total. The molecule has 1 saturated carbocycles. The number of hydrogen-bond donors (Lipinski definition) is 2. The molecule has 0 atom stereocenters. The van der Waals surface area contributed by atoms with Gasteiger partial charge in [0, 0.05) is 32.2 Å². The maximum atomic E-state index is 11.9. The van der Waals surface area contributed by atoms with E-state index in [-0.39, 0.29) is 5.91 Å². The number of aryl methyl sites for hydroxylation is 1. The van der Waals surface area contributed by atoms with Crippen LogP contribution in [-0.2, 0) is 16.1 Å². The van der Waals surface area contributed by atoms with E-state index in [2.05, 4.69) is 5.32 Å². The monoisotopic (exact) mass is 292 g/mol. The molecule has 5 heteroatoms. The Kier molecular flexibility index (Phi) is 5.20. The minimum absolute atomic E-state index is 0.0755. The van der Waals surface area contributed by atoms with E-state index in [1.807, 2.05) is 25.1 Å². The van der Waals surface area contributed by atoms with Crippen molar-refractivity contribution in [3.8, 4) is 5.75 Å². The number of rotatable bonds is 8. The molecule has 116 valence electrons. The summed E-state index contributed by atoms with van der Waals surface area (Å²) in [6.45, 7) is 3.73. The molecular formula is C16H24N2O3. The number of carbonyl (C=O) groups is 1. The summed E-state index contributed by atoms with van der Waals surface area (Å²) in [4.78, 5) is 11.9. The van der Waals surface area contributed by atoms with Gasteiger partial charge in [-0.15, -0.1) is 0 Å². The summed E-state index contributed by atoms with van der Waals surface area (Å²) >= 11 is 0. The van der Waals surface area contributed by atoms with Crippen molar-refractivity contribution < 1.29 is 14.3 Å². The van der Waals surface area contributed by atoms with Crippen LogP contribution in [0.4, 0.5) is 0 Å². The summed E-state index contributed by atoms with van der Waals surface area (Å²) in [7, 11) is 1.67. The van der Waals surface area contributed by atoms with Gasteiger partial charge >= 0.3 is 0 Å². The van der Waals surface area contributed by atoms with Gasteiger partial charge in [0.2, 0.25) is 5.91 Å². The maximum absolute atomic E-state index is 11.9. The third kappa shape index (κ3) is 4.44. The summed E-state index contributed by atoms with van der Waals surface area (Å²) in [5.74, 6) is 0.738. The van der Waals surface area contributed by atoms with E-state index in [1.165, 1.54) is 0 Å². The van der Waals surface area contributed by atoms with Crippen LogP contribution in [0.2, 0.25) is 0 Å². The highest BCUT2D eigenvalue weighted by Gasteiger charge is 2.45. The van der Waals surface area contributed by atoms with Crippen molar-refractivity contribution in [1.29, 1.82) is 0 Å². The van der Waals surface area contributed by atoms with E-state index >= 15 is 0 Å². The quantitative estimate of drug-likeness (QED) is 0.712. The number of methoxy groups -OCH3 is 1. The van der Waals surface area contributed by atoms with Crippen molar-refractivity contribution in [2.75, 3.05) is 20.3 Å². The smallest absolute Gasteiger partial charge is 0.240 e. The van der Waals surface area contributed by atoms with Gasteiger partial charge in [0.15, 0.2) is 0 Å². The zero-order valence-electron chi connectivity index (χ0n) is 12.8. The Balaban J connectivity index is 1.92. The third-order valence-corrected chi connectivity index (χ3v) is 3.65. The van der Waals surface area contributed by atoms with Crippen molar-refractivity contribution in [2.45, 2.75) is 38.3 Å². The van der Waals surface area contributed by atoms with Gasteiger partial charge in [0.05, 0.1) is 12.1 Å². The van der Waals surface area contributed by atoms with E-state index in [1.54, 1.807) is 7.11 Å². The van der Waals surface area contributed by atoms with Crippen LogP contribution in [0.3, 0.4) is 0 Å². The highest BCUT2D eigenvalue weighted by Crippen LogP contribution is 2.32. The van der Waals surface area contributed by atoms with E-state index < -0.39 is 5.54 Å². The van der Waals surface area contributed by atoms with Crippen molar-refractivity contribution in [3.63, 3.8) is 0 Å². The minimum Gasteiger partial charge on any atom is -0.493 e. The lowest BCUT2D eigenvalue weighted by molar-refractivity contribution is -0.123. The van der Waals surface area contributed by atoms with E-state index in [4.69, 9.17) is 15.2 Å². The summed E-state index contributed by atoms with van der Waals surface area (Å²) in [6.07, 6.45) is 2.38. The van der Waals surface area contributed by atoms with Crippen molar-refractivity contribution in [3.05, 3.63) is 29.3 Å². The first-order chi connectivity index (χ1) is 10.0. The minimum atomic E-state index is -0.635. The molecule has 0 aliphatic heterocycles. The summed E-state index contributed by atoms with van der Waals surface area (Å²) in [5, 5.41) is 2.89. The molecule has 1 aliphatic rings. The molecule has 2 rings (SSSR count). The Labute approximate surface area is 125 Å². The molecule has 21 heavy (non-hydrogen) atoms. The van der Waals surface area contributed by atoms with Crippen LogP contribution in [0.25, 0.3) is 0 Å². The number of amides is 1. The first-order valence-corrected chi connectivity index (χ1v) is 7.33. The number of nitrogens with two attached hydrogens (primary N) is 1. The molecule has 3 N–H and O–H groups in total. The summed E-state index contributed by atoms with van der Waals surface area (Å²) in [5.41, 5.74) is 7.34. The predicted molar refractivity (Wildman–Crippen MR) is 81.2 cm³/mol. The maximum Gasteiger partial charge on any atom is 0.240 e. The van der Waals surface area contributed by atoms with Crippen molar-refractivity contribution in [1.82, 2.24) is 5.32 Å². The average Bonchev–Trinajstić information content (AvgIpc) is 3.21. The molecule has 1 fully saturated rings. The van der Waals surface area contributed by atoms with E-state index in [0.29, 0.717) is 19.8 Å². The second-order valence-electron chi connectivity index (χ2n) is 5.64. The van der Waals surface area contributed by atoms with Crippen LogP contribution in [0.15, 0.2) is 18.2 Å². The zero-order chi connectivity index (χ0) is 15.3. The van der Waals surface area contributed by atoms with Gasteiger partial charge in [-0.3, -0.25) is 4.79 Å². The normalized spacial score (nSPS) is 15.6. The molecule has 0 aromatic heterocycles. The van der Waals surface area contributed by atoms with Crippen LogP contribution in [0.1, 0.15) is 30.4 Å². The highest BCUT2D eigenvalue weighted by atomic mass is 16.5.